The zero-order valence-electron chi connectivity index (χ0n) is 13.6. The molecule has 0 saturated carbocycles. The second-order valence-electron chi connectivity index (χ2n) is 5.20. The van der Waals surface area contributed by atoms with Gasteiger partial charge in [-0.2, -0.15) is 4.31 Å². The lowest BCUT2D eigenvalue weighted by Gasteiger charge is -2.22. The maximum absolute atomic E-state index is 13.1. The second kappa shape index (κ2) is 7.23. The van der Waals surface area contributed by atoms with Gasteiger partial charge in [-0.05, 0) is 60.7 Å². The highest BCUT2D eigenvalue weighted by Gasteiger charge is 2.33. The van der Waals surface area contributed by atoms with Crippen molar-refractivity contribution in [3.05, 3.63) is 77.7 Å². The van der Waals surface area contributed by atoms with Crippen LogP contribution in [0.1, 0.15) is 10.6 Å². The maximum atomic E-state index is 13.1. The molecular weight excluding hydrogens is 378 g/mol. The number of carbonyl (C=O) groups is 1. The number of carbonyl (C=O) groups excluding carboxylic acids is 1. The van der Waals surface area contributed by atoms with Gasteiger partial charge in [-0.15, -0.1) is 0 Å². The summed E-state index contributed by atoms with van der Waals surface area (Å²) in [5.74, 6) is -0.378. The quantitative estimate of drug-likeness (QED) is 0.657. The number of rotatable bonds is 5. The number of furan rings is 1. The summed E-state index contributed by atoms with van der Waals surface area (Å²) in [5.41, 5.74) is 0.155. The minimum absolute atomic E-state index is 0.0716. The summed E-state index contributed by atoms with van der Waals surface area (Å²) < 4.78 is 37.1. The van der Waals surface area contributed by atoms with Gasteiger partial charge in [0.25, 0.3) is 10.0 Å². The van der Waals surface area contributed by atoms with E-state index in [1.807, 2.05) is 0 Å². The molecule has 0 radical (unpaired) electrons. The lowest BCUT2D eigenvalue weighted by Crippen LogP contribution is -2.36. The number of sulfonamides is 1. The Morgan fingerprint density at radius 2 is 1.69 bits per heavy atom. The molecule has 0 N–H and O–H groups in total. The predicted octanol–water partition coefficient (Wildman–Crippen LogP) is 3.98. The molecule has 1 heterocycles. The van der Waals surface area contributed by atoms with Crippen molar-refractivity contribution in [2.24, 2.45) is 0 Å². The molecule has 26 heavy (non-hydrogen) atoms. The maximum Gasteiger partial charge on any atom is 0.307 e. The van der Waals surface area contributed by atoms with Crippen molar-refractivity contribution in [1.29, 1.82) is 0 Å². The topological polar surface area (TPSA) is 76.8 Å². The van der Waals surface area contributed by atoms with Crippen molar-refractivity contribution >= 4 is 33.2 Å². The van der Waals surface area contributed by atoms with Crippen molar-refractivity contribution in [2.45, 2.75) is 4.90 Å². The third-order valence-electron chi connectivity index (χ3n) is 3.58. The van der Waals surface area contributed by atoms with Gasteiger partial charge in [0.05, 0.1) is 24.0 Å². The van der Waals surface area contributed by atoms with E-state index >= 15 is 0 Å². The van der Waals surface area contributed by atoms with Crippen LogP contribution in [-0.2, 0) is 10.0 Å². The van der Waals surface area contributed by atoms with E-state index in [0.29, 0.717) is 15.1 Å². The van der Waals surface area contributed by atoms with E-state index in [9.17, 15) is 13.2 Å². The lowest BCUT2D eigenvalue weighted by molar-refractivity contribution is 0.0979. The van der Waals surface area contributed by atoms with Gasteiger partial charge in [-0.1, -0.05) is 11.6 Å². The number of halogens is 1. The summed E-state index contributed by atoms with van der Waals surface area (Å²) in [6.45, 7) is 0. The van der Waals surface area contributed by atoms with Crippen LogP contribution in [0.5, 0.6) is 5.75 Å². The Bertz CT molecular complexity index is 997. The Morgan fingerprint density at radius 1 is 1.04 bits per heavy atom. The highest BCUT2D eigenvalue weighted by Crippen LogP contribution is 2.28. The van der Waals surface area contributed by atoms with Gasteiger partial charge in [-0.3, -0.25) is 4.79 Å². The number of hydrogen-bond donors (Lipinski definition) is 0. The number of amides is 1. The molecule has 2 aromatic carbocycles. The fraction of sp³-hybridized carbons (Fsp3) is 0.0556. The highest BCUT2D eigenvalue weighted by atomic mass is 35.5. The Morgan fingerprint density at radius 3 is 2.23 bits per heavy atom. The fourth-order valence-corrected chi connectivity index (χ4v) is 3.82. The molecule has 0 aliphatic heterocycles. The van der Waals surface area contributed by atoms with E-state index in [1.54, 1.807) is 12.1 Å². The van der Waals surface area contributed by atoms with E-state index < -0.39 is 15.9 Å². The van der Waals surface area contributed by atoms with Gasteiger partial charge in [0, 0.05) is 5.02 Å². The number of ether oxygens (including phenoxy) is 1. The van der Waals surface area contributed by atoms with Gasteiger partial charge in [0.2, 0.25) is 0 Å². The zero-order chi connectivity index (χ0) is 18.7. The molecule has 0 aliphatic rings. The summed E-state index contributed by atoms with van der Waals surface area (Å²) in [6.07, 6.45) is 1.30. The molecule has 6 nitrogen and oxygen atoms in total. The largest absolute Gasteiger partial charge is 0.497 e. The summed E-state index contributed by atoms with van der Waals surface area (Å²) in [5, 5.41) is 0.386. The molecule has 0 fully saturated rings. The molecule has 0 unspecified atom stereocenters. The first kappa shape index (κ1) is 18.0. The first-order valence-electron chi connectivity index (χ1n) is 7.46. The van der Waals surface area contributed by atoms with E-state index in [1.165, 1.54) is 61.9 Å². The average Bonchev–Trinajstić information content (AvgIpc) is 3.17. The minimum Gasteiger partial charge on any atom is -0.497 e. The molecule has 0 bridgehead atoms. The van der Waals surface area contributed by atoms with E-state index in [2.05, 4.69) is 0 Å². The van der Waals surface area contributed by atoms with Crippen LogP contribution in [-0.4, -0.2) is 21.4 Å². The summed E-state index contributed by atoms with van der Waals surface area (Å²) in [7, 11) is -2.70. The molecule has 1 aromatic heterocycles. The van der Waals surface area contributed by atoms with Crippen molar-refractivity contribution in [2.75, 3.05) is 11.4 Å². The Balaban J connectivity index is 2.13. The van der Waals surface area contributed by atoms with Crippen molar-refractivity contribution < 1.29 is 22.4 Å². The molecule has 3 rings (SSSR count). The number of benzene rings is 2. The number of methoxy groups -OCH3 is 1. The standard InChI is InChI=1S/C18H14ClNO5S/c1-24-15-8-6-14(7-9-15)20(18(21)17-3-2-12-25-17)26(22,23)16-10-4-13(19)5-11-16/h2-12H,1H3. The lowest BCUT2D eigenvalue weighted by atomic mass is 10.3. The zero-order valence-corrected chi connectivity index (χ0v) is 15.2. The van der Waals surface area contributed by atoms with Crippen LogP contribution in [0.15, 0.2) is 76.2 Å². The molecule has 8 heteroatoms. The Labute approximate surface area is 155 Å². The van der Waals surface area contributed by atoms with Crippen LogP contribution in [0.4, 0.5) is 5.69 Å². The van der Waals surface area contributed by atoms with E-state index in [0.717, 1.165) is 0 Å². The predicted molar refractivity (Wildman–Crippen MR) is 97.1 cm³/mol. The normalized spacial score (nSPS) is 11.2. The van der Waals surface area contributed by atoms with Gasteiger partial charge in [-0.25, -0.2) is 8.42 Å². The summed E-state index contributed by atoms with van der Waals surface area (Å²) >= 11 is 5.83. The molecule has 0 aliphatic carbocycles. The number of hydrogen-bond acceptors (Lipinski definition) is 5. The van der Waals surface area contributed by atoms with Gasteiger partial charge < -0.3 is 9.15 Å². The Hall–Kier alpha value is -2.77. The molecule has 134 valence electrons. The van der Waals surface area contributed by atoms with Crippen molar-refractivity contribution in [1.82, 2.24) is 0 Å². The SMILES string of the molecule is COc1ccc(N(C(=O)c2ccco2)S(=O)(=O)c2ccc(Cl)cc2)cc1. The first-order chi connectivity index (χ1) is 12.4. The molecule has 0 saturated heterocycles. The smallest absolute Gasteiger partial charge is 0.307 e. The van der Waals surface area contributed by atoms with Gasteiger partial charge in [0.1, 0.15) is 5.75 Å². The minimum atomic E-state index is -4.19. The number of nitrogens with zero attached hydrogens (tertiary/aromatic N) is 1. The van der Waals surface area contributed by atoms with Crippen LogP contribution in [0.25, 0.3) is 0 Å². The molecular formula is C18H14ClNO5S. The fourth-order valence-electron chi connectivity index (χ4n) is 2.30. The molecule has 0 atom stereocenters. The molecule has 0 spiro atoms. The average molecular weight is 392 g/mol. The summed E-state index contributed by atoms with van der Waals surface area (Å²) in [6, 6.07) is 14.6. The third-order valence-corrected chi connectivity index (χ3v) is 5.55. The monoisotopic (exact) mass is 391 g/mol. The molecule has 1 amide bonds. The van der Waals surface area contributed by atoms with Crippen LogP contribution in [0, 0.1) is 0 Å². The van der Waals surface area contributed by atoms with Crippen LogP contribution >= 0.6 is 11.6 Å². The van der Waals surface area contributed by atoms with E-state index in [-0.39, 0.29) is 16.3 Å². The first-order valence-corrected chi connectivity index (χ1v) is 9.28. The second-order valence-corrected chi connectivity index (χ2v) is 7.43. The molecule has 3 aromatic rings. The summed E-state index contributed by atoms with van der Waals surface area (Å²) in [4.78, 5) is 12.8. The van der Waals surface area contributed by atoms with Crippen LogP contribution in [0.2, 0.25) is 5.02 Å². The van der Waals surface area contributed by atoms with Crippen molar-refractivity contribution in [3.63, 3.8) is 0 Å². The van der Waals surface area contributed by atoms with Gasteiger partial charge >= 0.3 is 5.91 Å². The highest BCUT2D eigenvalue weighted by molar-refractivity contribution is 7.93. The Kier molecular flexibility index (Phi) is 5.01. The van der Waals surface area contributed by atoms with Crippen molar-refractivity contribution in [3.8, 4) is 5.75 Å². The van der Waals surface area contributed by atoms with Crippen LogP contribution in [0.3, 0.4) is 0 Å². The third kappa shape index (κ3) is 3.44. The number of anilines is 1. The van der Waals surface area contributed by atoms with Crippen LogP contribution < -0.4 is 9.04 Å². The van der Waals surface area contributed by atoms with Gasteiger partial charge in [0.15, 0.2) is 5.76 Å². The van der Waals surface area contributed by atoms with E-state index in [4.69, 9.17) is 20.8 Å².